The number of nitrogens with two attached hydrogens (primary N) is 1. The third kappa shape index (κ3) is 4.29. The second-order valence-electron chi connectivity index (χ2n) is 6.31. The van der Waals surface area contributed by atoms with Gasteiger partial charge >= 0.3 is 0 Å². The summed E-state index contributed by atoms with van der Waals surface area (Å²) in [7, 11) is -3.36. The van der Waals surface area contributed by atoms with Crippen LogP contribution in [-0.2, 0) is 10.2 Å². The maximum atomic E-state index is 12.2. The summed E-state index contributed by atoms with van der Waals surface area (Å²) in [5.74, 6) is 0.863. The van der Waals surface area contributed by atoms with Crippen LogP contribution in [0, 0.1) is 11.8 Å². The van der Waals surface area contributed by atoms with Gasteiger partial charge in [0, 0.05) is 25.2 Å². The number of rotatable bonds is 4. The zero-order valence-corrected chi connectivity index (χ0v) is 13.4. The van der Waals surface area contributed by atoms with Gasteiger partial charge in [0.2, 0.25) is 0 Å². The van der Waals surface area contributed by atoms with Gasteiger partial charge in [-0.3, -0.25) is 0 Å². The lowest BCUT2D eigenvalue weighted by Crippen LogP contribution is -2.57. The largest absolute Gasteiger partial charge is 0.324 e. The van der Waals surface area contributed by atoms with Crippen LogP contribution in [0.3, 0.4) is 0 Å². The summed E-state index contributed by atoms with van der Waals surface area (Å²) < 4.78 is 28.7. The first-order valence-electron chi connectivity index (χ1n) is 6.84. The molecule has 1 aliphatic heterocycles. The Kier molecular flexibility index (Phi) is 5.66. The molecule has 0 amide bonds. The molecule has 0 spiro atoms. The van der Waals surface area contributed by atoms with E-state index in [1.165, 1.54) is 0 Å². The Bertz CT molecular complexity index is 388. The highest BCUT2D eigenvalue weighted by Gasteiger charge is 2.36. The quantitative estimate of drug-likeness (QED) is 0.816. The molecular formula is C12H26ClN3O2S. The summed E-state index contributed by atoms with van der Waals surface area (Å²) in [6.07, 6.45) is 4.05. The normalized spacial score (nSPS) is 31.3. The molecule has 7 heteroatoms. The SMILES string of the molecule is CC1CC(C)CN(S(=O)(=O)NCC2(N)CCC2)C1.Cl. The zero-order valence-electron chi connectivity index (χ0n) is 11.8. The van der Waals surface area contributed by atoms with Gasteiger partial charge in [-0.2, -0.15) is 12.7 Å². The second-order valence-corrected chi connectivity index (χ2v) is 8.06. The molecular weight excluding hydrogens is 286 g/mol. The number of hydrogen-bond acceptors (Lipinski definition) is 3. The molecule has 3 N–H and O–H groups in total. The molecule has 0 radical (unpaired) electrons. The number of nitrogens with zero attached hydrogens (tertiary/aromatic N) is 1. The van der Waals surface area contributed by atoms with Gasteiger partial charge in [-0.05, 0) is 37.5 Å². The van der Waals surface area contributed by atoms with E-state index >= 15 is 0 Å². The standard InChI is InChI=1S/C12H25N3O2S.ClH/c1-10-6-11(2)8-15(7-10)18(16,17)14-9-12(13)4-3-5-12;/h10-11,14H,3-9,13H2,1-2H3;1H. The van der Waals surface area contributed by atoms with Gasteiger partial charge < -0.3 is 5.73 Å². The zero-order chi connectivity index (χ0) is 13.4. The molecule has 2 fully saturated rings. The van der Waals surface area contributed by atoms with Crippen molar-refractivity contribution in [3.8, 4) is 0 Å². The van der Waals surface area contributed by atoms with Crippen molar-refractivity contribution in [3.63, 3.8) is 0 Å². The third-order valence-electron chi connectivity index (χ3n) is 4.13. The first-order chi connectivity index (χ1) is 8.31. The summed E-state index contributed by atoms with van der Waals surface area (Å²) in [5, 5.41) is 0. The number of nitrogens with one attached hydrogen (secondary N) is 1. The fraction of sp³-hybridized carbons (Fsp3) is 1.00. The first-order valence-corrected chi connectivity index (χ1v) is 8.28. The Hall–Kier alpha value is 0.120. The molecule has 114 valence electrons. The van der Waals surface area contributed by atoms with Crippen molar-refractivity contribution in [2.24, 2.45) is 17.6 Å². The van der Waals surface area contributed by atoms with Crippen LogP contribution in [-0.4, -0.2) is 37.9 Å². The van der Waals surface area contributed by atoms with Crippen LogP contribution in [0.5, 0.6) is 0 Å². The van der Waals surface area contributed by atoms with Gasteiger partial charge in [-0.1, -0.05) is 13.8 Å². The maximum Gasteiger partial charge on any atom is 0.279 e. The van der Waals surface area contributed by atoms with E-state index in [1.807, 2.05) is 0 Å². The molecule has 2 rings (SSSR count). The Balaban J connectivity index is 0.00000180. The molecule has 1 heterocycles. The summed E-state index contributed by atoms with van der Waals surface area (Å²) >= 11 is 0. The number of halogens is 1. The van der Waals surface area contributed by atoms with Crippen LogP contribution >= 0.6 is 12.4 Å². The predicted molar refractivity (Wildman–Crippen MR) is 79.5 cm³/mol. The van der Waals surface area contributed by atoms with Gasteiger partial charge in [-0.25, -0.2) is 4.72 Å². The molecule has 1 saturated carbocycles. The summed E-state index contributed by atoms with van der Waals surface area (Å²) in [6, 6.07) is 0. The Morgan fingerprint density at radius 2 is 1.79 bits per heavy atom. The predicted octanol–water partition coefficient (Wildman–Crippen LogP) is 1.10. The van der Waals surface area contributed by atoms with E-state index in [-0.39, 0.29) is 17.9 Å². The minimum atomic E-state index is -3.36. The van der Waals surface area contributed by atoms with Crippen molar-refractivity contribution in [1.82, 2.24) is 9.03 Å². The van der Waals surface area contributed by atoms with E-state index in [0.29, 0.717) is 31.5 Å². The molecule has 0 aromatic carbocycles. The van der Waals surface area contributed by atoms with Crippen LogP contribution in [0.15, 0.2) is 0 Å². The Morgan fingerprint density at radius 1 is 1.26 bits per heavy atom. The van der Waals surface area contributed by atoms with E-state index in [9.17, 15) is 8.42 Å². The molecule has 0 bridgehead atoms. The van der Waals surface area contributed by atoms with E-state index < -0.39 is 10.2 Å². The molecule has 2 atom stereocenters. The van der Waals surface area contributed by atoms with E-state index in [0.717, 1.165) is 25.7 Å². The van der Waals surface area contributed by atoms with Crippen molar-refractivity contribution < 1.29 is 8.42 Å². The monoisotopic (exact) mass is 311 g/mol. The highest BCUT2D eigenvalue weighted by atomic mass is 35.5. The fourth-order valence-corrected chi connectivity index (χ4v) is 4.49. The van der Waals surface area contributed by atoms with E-state index in [2.05, 4.69) is 18.6 Å². The minimum absolute atomic E-state index is 0. The summed E-state index contributed by atoms with van der Waals surface area (Å²) in [6.45, 7) is 5.83. The lowest BCUT2D eigenvalue weighted by atomic mass is 9.78. The summed E-state index contributed by atoms with van der Waals surface area (Å²) in [4.78, 5) is 0. The van der Waals surface area contributed by atoms with Crippen LogP contribution in [0.4, 0.5) is 0 Å². The molecule has 1 saturated heterocycles. The molecule has 5 nitrogen and oxygen atoms in total. The van der Waals surface area contributed by atoms with Crippen molar-refractivity contribution in [2.75, 3.05) is 19.6 Å². The molecule has 0 aromatic heterocycles. The average Bonchev–Trinajstić information content (AvgIpc) is 2.22. The lowest BCUT2D eigenvalue weighted by Gasteiger charge is -2.39. The van der Waals surface area contributed by atoms with Crippen LogP contribution in [0.25, 0.3) is 0 Å². The molecule has 2 aliphatic rings. The van der Waals surface area contributed by atoms with Gasteiger partial charge in [0.05, 0.1) is 0 Å². The van der Waals surface area contributed by atoms with Crippen molar-refractivity contribution in [1.29, 1.82) is 0 Å². The van der Waals surface area contributed by atoms with Crippen LogP contribution < -0.4 is 10.5 Å². The minimum Gasteiger partial charge on any atom is -0.324 e. The fourth-order valence-electron chi connectivity index (χ4n) is 2.94. The lowest BCUT2D eigenvalue weighted by molar-refractivity contribution is 0.215. The van der Waals surface area contributed by atoms with Crippen molar-refractivity contribution in [2.45, 2.75) is 45.1 Å². The van der Waals surface area contributed by atoms with Crippen molar-refractivity contribution >= 4 is 22.6 Å². The van der Waals surface area contributed by atoms with Crippen LogP contribution in [0.1, 0.15) is 39.5 Å². The Morgan fingerprint density at radius 3 is 2.21 bits per heavy atom. The third-order valence-corrected chi connectivity index (χ3v) is 5.62. The van der Waals surface area contributed by atoms with E-state index in [1.54, 1.807) is 4.31 Å². The highest BCUT2D eigenvalue weighted by molar-refractivity contribution is 7.87. The maximum absolute atomic E-state index is 12.2. The first kappa shape index (κ1) is 17.2. The summed E-state index contributed by atoms with van der Waals surface area (Å²) in [5.41, 5.74) is 5.74. The van der Waals surface area contributed by atoms with E-state index in [4.69, 9.17) is 5.73 Å². The smallest absolute Gasteiger partial charge is 0.279 e. The number of hydrogen-bond donors (Lipinski definition) is 2. The van der Waals surface area contributed by atoms with Gasteiger partial charge in [-0.15, -0.1) is 12.4 Å². The molecule has 2 unspecified atom stereocenters. The van der Waals surface area contributed by atoms with Gasteiger partial charge in [0.1, 0.15) is 0 Å². The highest BCUT2D eigenvalue weighted by Crippen LogP contribution is 2.29. The topological polar surface area (TPSA) is 75.4 Å². The average molecular weight is 312 g/mol. The molecule has 19 heavy (non-hydrogen) atoms. The molecule has 1 aliphatic carbocycles. The van der Waals surface area contributed by atoms with Crippen molar-refractivity contribution in [3.05, 3.63) is 0 Å². The second kappa shape index (κ2) is 6.26. The van der Waals surface area contributed by atoms with Crippen LogP contribution in [0.2, 0.25) is 0 Å². The number of piperidine rings is 1. The molecule has 0 aromatic rings. The van der Waals surface area contributed by atoms with Gasteiger partial charge in [0.15, 0.2) is 0 Å². The van der Waals surface area contributed by atoms with Gasteiger partial charge in [0.25, 0.3) is 10.2 Å². The Labute approximate surface area is 122 Å².